The van der Waals surface area contributed by atoms with Crippen LogP contribution in [0.1, 0.15) is 31.8 Å². The zero-order valence-electron chi connectivity index (χ0n) is 15.8. The van der Waals surface area contributed by atoms with E-state index in [0.29, 0.717) is 41.2 Å². The number of carbonyl (C=O) groups is 2. The molecule has 0 spiro atoms. The summed E-state index contributed by atoms with van der Waals surface area (Å²) in [5, 5.41) is 16.2. The Morgan fingerprint density at radius 1 is 0.733 bits per heavy atom. The van der Waals surface area contributed by atoms with Gasteiger partial charge in [0.25, 0.3) is 11.8 Å². The molecule has 2 amide bonds. The minimum absolute atomic E-state index is 0.206. The molecule has 4 aromatic rings. The fourth-order valence-corrected chi connectivity index (χ4v) is 3.34. The molecule has 0 radical (unpaired) electrons. The Balaban J connectivity index is 1.25. The molecule has 148 valence electrons. The van der Waals surface area contributed by atoms with Gasteiger partial charge in [0, 0.05) is 22.5 Å². The van der Waals surface area contributed by atoms with Gasteiger partial charge < -0.3 is 15.4 Å². The van der Waals surface area contributed by atoms with Gasteiger partial charge in [0.15, 0.2) is 0 Å². The fourth-order valence-electron chi connectivity index (χ4n) is 3.34. The van der Waals surface area contributed by atoms with Crippen molar-refractivity contribution in [2.45, 2.75) is 13.2 Å². The molecule has 0 fully saturated rings. The monoisotopic (exact) mass is 399 g/mol. The van der Waals surface area contributed by atoms with Crippen LogP contribution in [0.3, 0.4) is 0 Å². The summed E-state index contributed by atoms with van der Waals surface area (Å²) in [7, 11) is 0. The number of benzene rings is 3. The Morgan fingerprint density at radius 2 is 1.40 bits per heavy atom. The fraction of sp³-hybridized carbons (Fsp3) is 0.0909. The lowest BCUT2D eigenvalue weighted by Gasteiger charge is -2.08. The summed E-state index contributed by atoms with van der Waals surface area (Å²) in [4.78, 5) is 25.0. The third-order valence-electron chi connectivity index (χ3n) is 4.96. The van der Waals surface area contributed by atoms with Gasteiger partial charge in [0.05, 0.1) is 13.2 Å². The average Bonchev–Trinajstić information content (AvgIpc) is 3.42. The molecule has 0 saturated carbocycles. The first kappa shape index (κ1) is 18.0. The molecule has 30 heavy (non-hydrogen) atoms. The molecule has 0 aliphatic carbocycles. The number of aromatic amines is 1. The van der Waals surface area contributed by atoms with E-state index in [2.05, 4.69) is 26.0 Å². The second kappa shape index (κ2) is 7.41. The Labute approximate surface area is 171 Å². The topological polar surface area (TPSA) is 109 Å². The minimum atomic E-state index is -0.255. The highest BCUT2D eigenvalue weighted by Gasteiger charge is 2.15. The second-order valence-corrected chi connectivity index (χ2v) is 6.99. The maximum Gasteiger partial charge on any atom is 0.255 e. The number of H-pyrrole nitrogens is 1. The molecule has 3 N–H and O–H groups in total. The number of fused-ring (bicyclic) bond motifs is 2. The van der Waals surface area contributed by atoms with Crippen LogP contribution in [-0.4, -0.2) is 27.2 Å². The molecule has 0 saturated heterocycles. The predicted molar refractivity (Wildman–Crippen MR) is 111 cm³/mol. The average molecular weight is 399 g/mol. The molecule has 8 nitrogen and oxygen atoms in total. The van der Waals surface area contributed by atoms with Crippen molar-refractivity contribution in [3.63, 3.8) is 0 Å². The lowest BCUT2D eigenvalue weighted by atomic mass is 10.1. The molecular weight excluding hydrogens is 382 g/mol. The van der Waals surface area contributed by atoms with Crippen molar-refractivity contribution < 1.29 is 14.3 Å². The number of hydrogen-bond donors (Lipinski definition) is 3. The van der Waals surface area contributed by atoms with Crippen LogP contribution in [0.15, 0.2) is 60.7 Å². The summed E-state index contributed by atoms with van der Waals surface area (Å²) in [6.45, 7) is 1.12. The van der Waals surface area contributed by atoms with Crippen molar-refractivity contribution in [3.05, 3.63) is 82.9 Å². The van der Waals surface area contributed by atoms with E-state index in [9.17, 15) is 9.59 Å². The highest BCUT2D eigenvalue weighted by atomic mass is 16.5. The van der Waals surface area contributed by atoms with Crippen LogP contribution in [0.2, 0.25) is 0 Å². The zero-order valence-corrected chi connectivity index (χ0v) is 15.8. The van der Waals surface area contributed by atoms with E-state index in [1.165, 1.54) is 0 Å². The van der Waals surface area contributed by atoms with E-state index in [1.807, 2.05) is 12.1 Å². The molecule has 0 unspecified atom stereocenters. The Hall–Kier alpha value is -4.04. The molecule has 1 aliphatic heterocycles. The highest BCUT2D eigenvalue weighted by Crippen LogP contribution is 2.22. The van der Waals surface area contributed by atoms with Crippen molar-refractivity contribution in [1.29, 1.82) is 0 Å². The number of anilines is 2. The van der Waals surface area contributed by atoms with Crippen molar-refractivity contribution in [2.75, 3.05) is 10.6 Å². The number of nitrogens with one attached hydrogen (secondary N) is 3. The summed E-state index contributed by atoms with van der Waals surface area (Å²) in [6.07, 6.45) is 0. The van der Waals surface area contributed by atoms with Crippen LogP contribution in [0.4, 0.5) is 11.4 Å². The summed E-state index contributed by atoms with van der Waals surface area (Å²) >= 11 is 0. The first-order chi connectivity index (χ1) is 14.7. The van der Waals surface area contributed by atoms with Gasteiger partial charge in [0.1, 0.15) is 11.0 Å². The van der Waals surface area contributed by atoms with E-state index in [0.717, 1.165) is 16.6 Å². The van der Waals surface area contributed by atoms with Crippen LogP contribution in [0.5, 0.6) is 0 Å². The molecular formula is C22H17N5O3. The Morgan fingerprint density at radius 3 is 2.27 bits per heavy atom. The normalized spacial score (nSPS) is 12.5. The van der Waals surface area contributed by atoms with Gasteiger partial charge in [-0.25, -0.2) is 0 Å². The van der Waals surface area contributed by atoms with Crippen molar-refractivity contribution in [3.8, 4) is 0 Å². The number of nitrogens with zero attached hydrogens (tertiary/aromatic N) is 2. The van der Waals surface area contributed by atoms with Gasteiger partial charge in [-0.05, 0) is 65.7 Å². The maximum atomic E-state index is 12.5. The second-order valence-electron chi connectivity index (χ2n) is 6.99. The summed E-state index contributed by atoms with van der Waals surface area (Å²) in [5.74, 6) is -0.461. The number of aromatic nitrogens is 3. The van der Waals surface area contributed by atoms with Gasteiger partial charge in [-0.3, -0.25) is 9.59 Å². The number of ether oxygens (including phenoxy) is 1. The number of rotatable bonds is 4. The maximum absolute atomic E-state index is 12.5. The van der Waals surface area contributed by atoms with Crippen molar-refractivity contribution in [2.24, 2.45) is 0 Å². The van der Waals surface area contributed by atoms with E-state index in [4.69, 9.17) is 4.74 Å². The van der Waals surface area contributed by atoms with Crippen LogP contribution in [0.25, 0.3) is 11.0 Å². The number of carbonyl (C=O) groups excluding carboxylic acids is 2. The summed E-state index contributed by atoms with van der Waals surface area (Å²) in [5.41, 5.74) is 5.83. The zero-order chi connectivity index (χ0) is 20.5. The molecule has 2 heterocycles. The lowest BCUT2D eigenvalue weighted by molar-refractivity contribution is 0.101. The number of hydrogen-bond acceptors (Lipinski definition) is 5. The Bertz CT molecular complexity index is 1260. The van der Waals surface area contributed by atoms with Gasteiger partial charge in [-0.15, -0.1) is 0 Å². The summed E-state index contributed by atoms with van der Waals surface area (Å²) < 4.78 is 5.39. The van der Waals surface area contributed by atoms with Gasteiger partial charge >= 0.3 is 0 Å². The van der Waals surface area contributed by atoms with E-state index >= 15 is 0 Å². The van der Waals surface area contributed by atoms with Crippen LogP contribution >= 0.6 is 0 Å². The van der Waals surface area contributed by atoms with Crippen LogP contribution in [0, 0.1) is 0 Å². The SMILES string of the molecule is O=C(Nc1ccc2n[nH]nc2c1)c1ccc(NC(=O)c2ccc3c(c2)COC3)cc1. The first-order valence-corrected chi connectivity index (χ1v) is 9.38. The van der Waals surface area contributed by atoms with E-state index < -0.39 is 0 Å². The lowest BCUT2D eigenvalue weighted by Crippen LogP contribution is -2.14. The highest BCUT2D eigenvalue weighted by molar-refractivity contribution is 6.06. The Kier molecular flexibility index (Phi) is 4.45. The third kappa shape index (κ3) is 3.51. The first-order valence-electron chi connectivity index (χ1n) is 9.38. The van der Waals surface area contributed by atoms with Crippen molar-refractivity contribution >= 4 is 34.2 Å². The van der Waals surface area contributed by atoms with Gasteiger partial charge in [-0.1, -0.05) is 6.07 Å². The minimum Gasteiger partial charge on any atom is -0.372 e. The van der Waals surface area contributed by atoms with E-state index in [1.54, 1.807) is 48.5 Å². The number of amides is 2. The molecule has 1 aliphatic rings. The smallest absolute Gasteiger partial charge is 0.255 e. The van der Waals surface area contributed by atoms with Gasteiger partial charge in [-0.2, -0.15) is 15.4 Å². The van der Waals surface area contributed by atoms with E-state index in [-0.39, 0.29) is 11.8 Å². The molecule has 0 bridgehead atoms. The largest absolute Gasteiger partial charge is 0.372 e. The van der Waals surface area contributed by atoms with Crippen LogP contribution in [-0.2, 0) is 18.0 Å². The molecule has 8 heteroatoms. The summed E-state index contributed by atoms with van der Waals surface area (Å²) in [6, 6.07) is 17.6. The predicted octanol–water partition coefficient (Wildman–Crippen LogP) is 3.49. The third-order valence-corrected chi connectivity index (χ3v) is 4.96. The standard InChI is InChI=1S/C22H17N5O3/c28-21(24-18-7-8-19-20(10-18)26-27-25-19)13-3-5-17(6-4-13)23-22(29)14-1-2-15-11-30-12-16(15)9-14/h1-10H,11-12H2,(H,23,29)(H,24,28)(H,25,26,27). The van der Waals surface area contributed by atoms with Crippen molar-refractivity contribution in [1.82, 2.24) is 15.4 Å². The molecule has 1 aromatic heterocycles. The quantitative estimate of drug-likeness (QED) is 0.487. The van der Waals surface area contributed by atoms with Gasteiger partial charge in [0.2, 0.25) is 0 Å². The van der Waals surface area contributed by atoms with Crippen LogP contribution < -0.4 is 10.6 Å². The molecule has 3 aromatic carbocycles. The molecule has 5 rings (SSSR count). The molecule has 0 atom stereocenters.